The number of aromatic nitrogens is 3. The molecule has 0 spiro atoms. The van der Waals surface area contributed by atoms with Crippen LogP contribution in [-0.2, 0) is 0 Å². The van der Waals surface area contributed by atoms with Crippen LogP contribution in [0, 0.1) is 0 Å². The van der Waals surface area contributed by atoms with Gasteiger partial charge in [0.05, 0.1) is 7.11 Å². The molecule has 0 saturated carbocycles. The molecular formula is C12H23N7O. The number of nitrogens with zero attached hydrogens (tertiary/aromatic N) is 5. The molecule has 1 aliphatic heterocycles. The highest BCUT2D eigenvalue weighted by Crippen LogP contribution is 2.20. The average molecular weight is 281 g/mol. The Labute approximate surface area is 119 Å². The average Bonchev–Trinajstić information content (AvgIpc) is 2.46. The second kappa shape index (κ2) is 5.76. The van der Waals surface area contributed by atoms with E-state index in [1.54, 1.807) is 0 Å². The monoisotopic (exact) mass is 281 g/mol. The molecule has 0 unspecified atom stereocenters. The molecule has 20 heavy (non-hydrogen) atoms. The topological polar surface area (TPSA) is 92.4 Å². The maximum atomic E-state index is 5.37. The summed E-state index contributed by atoms with van der Waals surface area (Å²) in [4.78, 5) is 17.1. The summed E-state index contributed by atoms with van der Waals surface area (Å²) in [6, 6.07) is 0.265. The predicted molar refractivity (Wildman–Crippen MR) is 77.7 cm³/mol. The van der Waals surface area contributed by atoms with E-state index in [0.717, 1.165) is 26.2 Å². The van der Waals surface area contributed by atoms with E-state index in [2.05, 4.69) is 50.9 Å². The molecule has 8 heteroatoms. The SMILES string of the molecule is COc1nc(NN)nc(N2CCN(C(C)(C)C)CC2)n1. The first kappa shape index (κ1) is 14.7. The number of ether oxygens (including phenoxy) is 1. The number of methoxy groups -OCH3 is 1. The van der Waals surface area contributed by atoms with Gasteiger partial charge in [-0.05, 0) is 20.8 Å². The van der Waals surface area contributed by atoms with Gasteiger partial charge in [0.1, 0.15) is 0 Å². The number of anilines is 2. The van der Waals surface area contributed by atoms with Gasteiger partial charge >= 0.3 is 6.01 Å². The number of nitrogens with one attached hydrogen (secondary N) is 1. The van der Waals surface area contributed by atoms with Crippen LogP contribution in [0.15, 0.2) is 0 Å². The number of nitrogen functional groups attached to an aromatic ring is 1. The maximum absolute atomic E-state index is 5.37. The van der Waals surface area contributed by atoms with Crippen molar-refractivity contribution in [1.29, 1.82) is 0 Å². The smallest absolute Gasteiger partial charge is 0.322 e. The molecule has 1 fully saturated rings. The summed E-state index contributed by atoms with van der Waals surface area (Å²) in [7, 11) is 1.52. The normalized spacial score (nSPS) is 17.1. The molecule has 2 rings (SSSR count). The van der Waals surface area contributed by atoms with Crippen molar-refractivity contribution in [3.63, 3.8) is 0 Å². The molecule has 112 valence electrons. The summed E-state index contributed by atoms with van der Waals surface area (Å²) in [5.41, 5.74) is 2.62. The van der Waals surface area contributed by atoms with Crippen LogP contribution in [0.4, 0.5) is 11.9 Å². The van der Waals surface area contributed by atoms with Crippen LogP contribution in [0.25, 0.3) is 0 Å². The van der Waals surface area contributed by atoms with Gasteiger partial charge in [-0.25, -0.2) is 5.84 Å². The molecule has 1 aliphatic rings. The van der Waals surface area contributed by atoms with Crippen LogP contribution in [0.3, 0.4) is 0 Å². The Hall–Kier alpha value is -1.67. The van der Waals surface area contributed by atoms with E-state index >= 15 is 0 Å². The van der Waals surface area contributed by atoms with Crippen molar-refractivity contribution in [2.24, 2.45) is 5.84 Å². The van der Waals surface area contributed by atoms with Crippen molar-refractivity contribution in [2.75, 3.05) is 43.6 Å². The highest BCUT2D eigenvalue weighted by Gasteiger charge is 2.27. The van der Waals surface area contributed by atoms with Gasteiger partial charge in [0.25, 0.3) is 0 Å². The molecule has 0 amide bonds. The number of hydrogen-bond donors (Lipinski definition) is 2. The Balaban J connectivity index is 2.10. The predicted octanol–water partition coefficient (Wildman–Crippen LogP) is 0.0863. The summed E-state index contributed by atoms with van der Waals surface area (Å²) in [6.07, 6.45) is 0. The van der Waals surface area contributed by atoms with Crippen molar-refractivity contribution < 1.29 is 4.74 Å². The highest BCUT2D eigenvalue weighted by atomic mass is 16.5. The minimum atomic E-state index is 0.187. The fraction of sp³-hybridized carbons (Fsp3) is 0.750. The van der Waals surface area contributed by atoms with Crippen molar-refractivity contribution in [3.05, 3.63) is 0 Å². The molecule has 0 aromatic carbocycles. The van der Waals surface area contributed by atoms with Crippen LogP contribution in [0.5, 0.6) is 6.01 Å². The third kappa shape index (κ3) is 3.26. The highest BCUT2D eigenvalue weighted by molar-refractivity contribution is 5.38. The molecule has 1 aromatic heterocycles. The lowest BCUT2D eigenvalue weighted by Gasteiger charge is -2.42. The second-order valence-electron chi connectivity index (χ2n) is 5.73. The molecule has 0 radical (unpaired) electrons. The molecule has 1 saturated heterocycles. The van der Waals surface area contributed by atoms with Crippen LogP contribution in [-0.4, -0.2) is 58.7 Å². The maximum Gasteiger partial charge on any atom is 0.322 e. The largest absolute Gasteiger partial charge is 0.467 e. The van der Waals surface area contributed by atoms with Gasteiger partial charge < -0.3 is 9.64 Å². The lowest BCUT2D eigenvalue weighted by Crippen LogP contribution is -2.53. The second-order valence-corrected chi connectivity index (χ2v) is 5.73. The number of hydrogen-bond acceptors (Lipinski definition) is 8. The van der Waals surface area contributed by atoms with Crippen molar-refractivity contribution in [2.45, 2.75) is 26.3 Å². The van der Waals surface area contributed by atoms with E-state index in [9.17, 15) is 0 Å². The zero-order valence-corrected chi connectivity index (χ0v) is 12.6. The van der Waals surface area contributed by atoms with Crippen LogP contribution in [0.1, 0.15) is 20.8 Å². The minimum Gasteiger partial charge on any atom is -0.467 e. The Morgan fingerprint density at radius 2 is 1.75 bits per heavy atom. The van der Waals surface area contributed by atoms with E-state index < -0.39 is 0 Å². The van der Waals surface area contributed by atoms with Gasteiger partial charge in [-0.2, -0.15) is 15.0 Å². The zero-order chi connectivity index (χ0) is 14.8. The summed E-state index contributed by atoms with van der Waals surface area (Å²) in [5.74, 6) is 6.27. The van der Waals surface area contributed by atoms with Gasteiger partial charge in [0, 0.05) is 31.7 Å². The molecule has 3 N–H and O–H groups in total. The Bertz CT molecular complexity index is 429. The number of piperazine rings is 1. The molecular weight excluding hydrogens is 258 g/mol. The quantitative estimate of drug-likeness (QED) is 0.595. The van der Waals surface area contributed by atoms with Crippen molar-refractivity contribution >= 4 is 11.9 Å². The molecule has 8 nitrogen and oxygen atoms in total. The van der Waals surface area contributed by atoms with E-state index in [1.807, 2.05) is 0 Å². The van der Waals surface area contributed by atoms with E-state index in [4.69, 9.17) is 10.6 Å². The minimum absolute atomic E-state index is 0.187. The molecule has 2 heterocycles. The van der Waals surface area contributed by atoms with E-state index in [-0.39, 0.29) is 11.5 Å². The van der Waals surface area contributed by atoms with Crippen molar-refractivity contribution in [3.8, 4) is 6.01 Å². The molecule has 0 bridgehead atoms. The van der Waals surface area contributed by atoms with Gasteiger partial charge in [0.2, 0.25) is 11.9 Å². The van der Waals surface area contributed by atoms with Crippen LogP contribution < -0.4 is 20.9 Å². The zero-order valence-electron chi connectivity index (χ0n) is 12.6. The Kier molecular flexibility index (Phi) is 4.24. The summed E-state index contributed by atoms with van der Waals surface area (Å²) >= 11 is 0. The lowest BCUT2D eigenvalue weighted by atomic mass is 10.1. The summed E-state index contributed by atoms with van der Waals surface area (Å²) < 4.78 is 5.07. The first-order valence-electron chi connectivity index (χ1n) is 6.70. The number of hydrazine groups is 1. The molecule has 0 atom stereocenters. The fourth-order valence-corrected chi connectivity index (χ4v) is 2.22. The number of nitrogens with two attached hydrogens (primary N) is 1. The number of rotatable bonds is 3. The Morgan fingerprint density at radius 1 is 1.10 bits per heavy atom. The fourth-order valence-electron chi connectivity index (χ4n) is 2.22. The third-order valence-electron chi connectivity index (χ3n) is 3.43. The molecule has 1 aromatic rings. The Morgan fingerprint density at radius 3 is 2.25 bits per heavy atom. The van der Waals surface area contributed by atoms with Gasteiger partial charge in [-0.1, -0.05) is 0 Å². The summed E-state index contributed by atoms with van der Waals surface area (Å²) in [5, 5.41) is 0. The first-order valence-corrected chi connectivity index (χ1v) is 6.70. The molecule has 0 aliphatic carbocycles. The van der Waals surface area contributed by atoms with E-state index in [0.29, 0.717) is 11.9 Å². The van der Waals surface area contributed by atoms with Gasteiger partial charge in [-0.15, -0.1) is 0 Å². The standard InChI is InChI=1S/C12H23N7O/c1-12(2,3)19-7-5-18(6-8-19)10-14-9(17-13)15-11(16-10)20-4/h5-8,13H2,1-4H3,(H,14,15,16,17). The van der Waals surface area contributed by atoms with Gasteiger partial charge in [-0.3, -0.25) is 10.3 Å². The van der Waals surface area contributed by atoms with Crippen molar-refractivity contribution in [1.82, 2.24) is 19.9 Å². The first-order chi connectivity index (χ1) is 9.44. The van der Waals surface area contributed by atoms with Crippen LogP contribution in [0.2, 0.25) is 0 Å². The van der Waals surface area contributed by atoms with Crippen LogP contribution >= 0.6 is 0 Å². The van der Waals surface area contributed by atoms with E-state index in [1.165, 1.54) is 7.11 Å². The third-order valence-corrected chi connectivity index (χ3v) is 3.43. The summed E-state index contributed by atoms with van der Waals surface area (Å²) in [6.45, 7) is 10.4. The van der Waals surface area contributed by atoms with Gasteiger partial charge in [0.15, 0.2) is 0 Å². The lowest BCUT2D eigenvalue weighted by molar-refractivity contribution is 0.128.